The van der Waals surface area contributed by atoms with Gasteiger partial charge in [-0.15, -0.1) is 0 Å². The minimum absolute atomic E-state index is 0.487. The van der Waals surface area contributed by atoms with Gasteiger partial charge in [-0.1, -0.05) is 35.5 Å². The molecule has 1 N–H and O–H groups in total. The summed E-state index contributed by atoms with van der Waals surface area (Å²) in [5, 5.41) is 7.35. The molecule has 0 atom stereocenters. The molecule has 6 nitrogen and oxygen atoms in total. The second-order valence-electron chi connectivity index (χ2n) is 5.92. The highest BCUT2D eigenvalue weighted by molar-refractivity contribution is 9.10. The van der Waals surface area contributed by atoms with Crippen LogP contribution in [0.25, 0.3) is 22.7 Å². The largest absolute Gasteiger partial charge is 0.354 e. The number of hydrogen-bond acceptors (Lipinski definition) is 6. The molecule has 134 valence electrons. The normalized spacial score (nSPS) is 10.7. The Labute approximate surface area is 164 Å². The molecule has 0 fully saturated rings. The fourth-order valence-electron chi connectivity index (χ4n) is 2.69. The molecule has 1 aromatic carbocycles. The van der Waals surface area contributed by atoms with Crippen LogP contribution in [0.4, 0.5) is 5.95 Å². The first-order valence-electron chi connectivity index (χ1n) is 8.40. The number of hydrogen-bond donors (Lipinski definition) is 1. The summed E-state index contributed by atoms with van der Waals surface area (Å²) in [5.41, 5.74) is 4.38. The quantitative estimate of drug-likeness (QED) is 0.494. The highest BCUT2D eigenvalue weighted by Gasteiger charge is 2.16. The van der Waals surface area contributed by atoms with Crippen molar-refractivity contribution in [2.75, 3.05) is 5.32 Å². The van der Waals surface area contributed by atoms with Crippen LogP contribution < -0.4 is 5.32 Å². The van der Waals surface area contributed by atoms with Crippen molar-refractivity contribution < 1.29 is 4.52 Å². The van der Waals surface area contributed by atoms with E-state index in [4.69, 9.17) is 4.52 Å². The van der Waals surface area contributed by atoms with Gasteiger partial charge in [0.25, 0.3) is 0 Å². The Morgan fingerprint density at radius 2 is 1.85 bits per heavy atom. The van der Waals surface area contributed by atoms with Gasteiger partial charge in [0.1, 0.15) is 5.69 Å². The number of pyridine rings is 1. The van der Waals surface area contributed by atoms with Crippen LogP contribution in [0.15, 0.2) is 69.9 Å². The second-order valence-corrected chi connectivity index (χ2v) is 6.84. The third-order valence-electron chi connectivity index (χ3n) is 4.09. The summed E-state index contributed by atoms with van der Waals surface area (Å²) in [5.74, 6) is 1.19. The van der Waals surface area contributed by atoms with Gasteiger partial charge in [0, 0.05) is 34.5 Å². The summed E-state index contributed by atoms with van der Waals surface area (Å²) in [6.07, 6.45) is 3.48. The van der Waals surface area contributed by atoms with Crippen LogP contribution in [-0.2, 0) is 6.54 Å². The standard InChI is InChI=1S/C20H16BrN5O/c1-13-16(19(27-26-13)18-8-7-15(21)11-23-18)12-24-20-22-10-9-17(25-20)14-5-3-2-4-6-14/h2-11H,12H2,1H3,(H,22,24,25). The molecule has 0 bridgehead atoms. The molecule has 3 aromatic heterocycles. The third kappa shape index (κ3) is 3.88. The zero-order valence-electron chi connectivity index (χ0n) is 14.6. The number of nitrogens with zero attached hydrogens (tertiary/aromatic N) is 4. The van der Waals surface area contributed by atoms with Crippen molar-refractivity contribution in [1.29, 1.82) is 0 Å². The lowest BCUT2D eigenvalue weighted by molar-refractivity contribution is 0.425. The van der Waals surface area contributed by atoms with Gasteiger partial charge < -0.3 is 9.84 Å². The highest BCUT2D eigenvalue weighted by Crippen LogP contribution is 2.26. The molecule has 0 aliphatic rings. The number of aromatic nitrogens is 4. The number of halogens is 1. The molecule has 0 radical (unpaired) electrons. The maximum Gasteiger partial charge on any atom is 0.223 e. The topological polar surface area (TPSA) is 76.7 Å². The van der Waals surface area contributed by atoms with Crippen LogP contribution >= 0.6 is 15.9 Å². The van der Waals surface area contributed by atoms with Gasteiger partial charge in [-0.05, 0) is 41.1 Å². The smallest absolute Gasteiger partial charge is 0.223 e. The van der Waals surface area contributed by atoms with E-state index in [-0.39, 0.29) is 0 Å². The maximum atomic E-state index is 5.49. The van der Waals surface area contributed by atoms with Crippen LogP contribution in [0.5, 0.6) is 0 Å². The highest BCUT2D eigenvalue weighted by atomic mass is 79.9. The lowest BCUT2D eigenvalue weighted by Crippen LogP contribution is -2.05. The molecule has 0 saturated heterocycles. The summed E-state index contributed by atoms with van der Waals surface area (Å²) in [6, 6.07) is 15.7. The van der Waals surface area contributed by atoms with Crippen molar-refractivity contribution >= 4 is 21.9 Å². The van der Waals surface area contributed by atoms with Crippen molar-refractivity contribution in [3.05, 3.63) is 76.7 Å². The van der Waals surface area contributed by atoms with Crippen LogP contribution in [-0.4, -0.2) is 20.1 Å². The molecule has 7 heteroatoms. The van der Waals surface area contributed by atoms with Gasteiger partial charge in [0.15, 0.2) is 5.76 Å². The first-order valence-corrected chi connectivity index (χ1v) is 9.19. The van der Waals surface area contributed by atoms with Gasteiger partial charge in [0.2, 0.25) is 5.95 Å². The van der Waals surface area contributed by atoms with E-state index in [1.54, 1.807) is 12.4 Å². The lowest BCUT2D eigenvalue weighted by atomic mass is 10.1. The molecule has 4 rings (SSSR count). The van der Waals surface area contributed by atoms with Crippen molar-refractivity contribution in [3.63, 3.8) is 0 Å². The van der Waals surface area contributed by atoms with Crippen LogP contribution in [0, 0.1) is 6.92 Å². The number of aryl methyl sites for hydroxylation is 1. The first-order chi connectivity index (χ1) is 13.2. The van der Waals surface area contributed by atoms with Gasteiger partial charge >= 0.3 is 0 Å². The van der Waals surface area contributed by atoms with Crippen molar-refractivity contribution in [2.45, 2.75) is 13.5 Å². The van der Waals surface area contributed by atoms with Crippen LogP contribution in [0.1, 0.15) is 11.3 Å². The Kier molecular flexibility index (Phi) is 4.93. The van der Waals surface area contributed by atoms with E-state index < -0.39 is 0 Å². The Bertz CT molecular complexity index is 1050. The van der Waals surface area contributed by atoms with Crippen molar-refractivity contribution in [1.82, 2.24) is 20.1 Å². The molecule has 0 spiro atoms. The van der Waals surface area contributed by atoms with Gasteiger partial charge in [-0.2, -0.15) is 0 Å². The SMILES string of the molecule is Cc1noc(-c2ccc(Br)cn2)c1CNc1nccc(-c2ccccc2)n1. The van der Waals surface area contributed by atoms with Crippen LogP contribution in [0.2, 0.25) is 0 Å². The second kappa shape index (κ2) is 7.67. The molecular weight excluding hydrogens is 406 g/mol. The predicted octanol–water partition coefficient (Wildman–Crippen LogP) is 4.88. The third-order valence-corrected chi connectivity index (χ3v) is 4.56. The van der Waals surface area contributed by atoms with E-state index >= 15 is 0 Å². The molecule has 0 aliphatic heterocycles. The average molecular weight is 422 g/mol. The molecule has 0 amide bonds. The van der Waals surface area contributed by atoms with E-state index in [1.807, 2.05) is 55.5 Å². The van der Waals surface area contributed by atoms with Gasteiger partial charge in [-0.3, -0.25) is 4.98 Å². The van der Waals surface area contributed by atoms with E-state index in [1.165, 1.54) is 0 Å². The van der Waals surface area contributed by atoms with Crippen LogP contribution in [0.3, 0.4) is 0 Å². The minimum atomic E-state index is 0.487. The lowest BCUT2D eigenvalue weighted by Gasteiger charge is -2.07. The fraction of sp³-hybridized carbons (Fsp3) is 0.100. The van der Waals surface area contributed by atoms with E-state index in [2.05, 4.69) is 41.4 Å². The molecule has 4 aromatic rings. The molecular formula is C20H16BrN5O. The predicted molar refractivity (Wildman–Crippen MR) is 107 cm³/mol. The van der Waals surface area contributed by atoms with E-state index in [0.29, 0.717) is 18.3 Å². The summed E-state index contributed by atoms with van der Waals surface area (Å²) >= 11 is 3.39. The van der Waals surface area contributed by atoms with E-state index in [9.17, 15) is 0 Å². The number of rotatable bonds is 5. The van der Waals surface area contributed by atoms with Crippen molar-refractivity contribution in [3.8, 4) is 22.7 Å². The minimum Gasteiger partial charge on any atom is -0.354 e. The first kappa shape index (κ1) is 17.4. The Balaban J connectivity index is 1.56. The maximum absolute atomic E-state index is 5.49. The monoisotopic (exact) mass is 421 g/mol. The summed E-state index contributed by atoms with van der Waals surface area (Å²) in [7, 11) is 0. The molecule has 0 unspecified atom stereocenters. The average Bonchev–Trinajstić information content (AvgIpc) is 3.08. The Morgan fingerprint density at radius 1 is 1.00 bits per heavy atom. The number of benzene rings is 1. The van der Waals surface area contributed by atoms with Gasteiger partial charge in [-0.25, -0.2) is 9.97 Å². The van der Waals surface area contributed by atoms with E-state index in [0.717, 1.165) is 32.7 Å². The molecule has 27 heavy (non-hydrogen) atoms. The summed E-state index contributed by atoms with van der Waals surface area (Å²) < 4.78 is 6.40. The van der Waals surface area contributed by atoms with Gasteiger partial charge in [0.05, 0.1) is 11.4 Å². The summed E-state index contributed by atoms with van der Waals surface area (Å²) in [4.78, 5) is 13.3. The number of anilines is 1. The summed E-state index contributed by atoms with van der Waals surface area (Å²) in [6.45, 7) is 2.39. The zero-order chi connectivity index (χ0) is 18.6. The zero-order valence-corrected chi connectivity index (χ0v) is 16.1. The Morgan fingerprint density at radius 3 is 2.63 bits per heavy atom. The molecule has 0 aliphatic carbocycles. The molecule has 3 heterocycles. The Hall–Kier alpha value is -3.06. The van der Waals surface area contributed by atoms with Crippen molar-refractivity contribution in [2.24, 2.45) is 0 Å². The molecule has 0 saturated carbocycles. The fourth-order valence-corrected chi connectivity index (χ4v) is 2.92. The number of nitrogens with one attached hydrogen (secondary N) is 1.